The number of hydrogen-bond acceptors (Lipinski definition) is 8. The molecule has 2 aliphatic heterocycles. The number of thiocarbonyl (C=S) groups is 1. The quantitative estimate of drug-likeness (QED) is 0.388. The Kier molecular flexibility index (Phi) is 5.78. The van der Waals surface area contributed by atoms with Crippen molar-refractivity contribution in [1.29, 1.82) is 0 Å². The van der Waals surface area contributed by atoms with Crippen molar-refractivity contribution in [1.82, 2.24) is 14.3 Å². The number of carbonyl (C=O) groups excluding carboxylic acids is 1. The van der Waals surface area contributed by atoms with Gasteiger partial charge in [-0.05, 0) is 43.7 Å². The van der Waals surface area contributed by atoms with Gasteiger partial charge in [0, 0.05) is 6.20 Å². The Morgan fingerprint density at radius 3 is 2.65 bits per heavy atom. The number of carbonyl (C=O) groups is 1. The summed E-state index contributed by atoms with van der Waals surface area (Å²) in [6.45, 7) is 1.95. The van der Waals surface area contributed by atoms with Gasteiger partial charge in [-0.2, -0.15) is 4.98 Å². The molecule has 0 bridgehead atoms. The molecule has 0 radical (unpaired) electrons. The molecule has 2 aliphatic rings. The predicted molar refractivity (Wildman–Crippen MR) is 135 cm³/mol. The molecule has 0 aliphatic carbocycles. The number of fused-ring (bicyclic) bond motifs is 1. The van der Waals surface area contributed by atoms with E-state index in [1.807, 2.05) is 19.1 Å². The fourth-order valence-electron chi connectivity index (χ4n) is 3.91. The van der Waals surface area contributed by atoms with Gasteiger partial charge < -0.3 is 4.74 Å². The zero-order valence-corrected chi connectivity index (χ0v) is 20.5. The van der Waals surface area contributed by atoms with Gasteiger partial charge in [0.15, 0.2) is 9.84 Å². The van der Waals surface area contributed by atoms with Gasteiger partial charge in [-0.1, -0.05) is 47.7 Å². The van der Waals surface area contributed by atoms with Crippen LogP contribution in [0, 0.1) is 6.92 Å². The number of aromatic nitrogens is 2. The molecule has 2 saturated heterocycles. The van der Waals surface area contributed by atoms with Crippen molar-refractivity contribution in [3.8, 4) is 11.6 Å². The van der Waals surface area contributed by atoms with E-state index in [-0.39, 0.29) is 32.2 Å². The summed E-state index contributed by atoms with van der Waals surface area (Å²) < 4.78 is 31.4. The lowest BCUT2D eigenvalue weighted by atomic mass is 10.2. The van der Waals surface area contributed by atoms with Gasteiger partial charge >= 0.3 is 0 Å². The van der Waals surface area contributed by atoms with E-state index >= 15 is 0 Å². The summed E-state index contributed by atoms with van der Waals surface area (Å²) in [4.78, 5) is 32.6. The Hall–Kier alpha value is -3.02. The van der Waals surface area contributed by atoms with Crippen molar-refractivity contribution in [2.45, 2.75) is 19.4 Å². The maximum Gasteiger partial charge on any atom is 0.269 e. The first-order valence-electron chi connectivity index (χ1n) is 10.5. The molecule has 1 amide bonds. The average molecular weight is 514 g/mol. The lowest BCUT2D eigenvalue weighted by molar-refractivity contribution is -0.123. The highest BCUT2D eigenvalue weighted by Gasteiger charge is 2.42. The second-order valence-electron chi connectivity index (χ2n) is 8.09. The maximum atomic E-state index is 13.3. The third kappa shape index (κ3) is 4.26. The lowest BCUT2D eigenvalue weighted by Gasteiger charge is -2.20. The first-order valence-corrected chi connectivity index (χ1v) is 13.5. The Morgan fingerprint density at radius 2 is 1.94 bits per heavy atom. The van der Waals surface area contributed by atoms with Crippen LogP contribution in [0.5, 0.6) is 11.6 Å². The van der Waals surface area contributed by atoms with Gasteiger partial charge in [0.25, 0.3) is 11.5 Å². The number of benzene rings is 1. The number of nitrogens with zero attached hydrogens (tertiary/aromatic N) is 3. The molecule has 8 nitrogen and oxygen atoms in total. The standard InChI is InChI=1S/C23H19N3O5S3/c1-14-5-7-16(8-6-14)31-20-17(21(27)25-10-3-2-4-19(25)24-20)12-18-22(28)26(23(32)33-18)15-9-11-34(29,30)13-15/h2-8,10,12,15H,9,11,13H2,1H3/b18-12+. The summed E-state index contributed by atoms with van der Waals surface area (Å²) in [5.74, 6) is 0.0493. The summed E-state index contributed by atoms with van der Waals surface area (Å²) in [5, 5.41) is 0. The fourth-order valence-corrected chi connectivity index (χ4v) is 6.99. The van der Waals surface area contributed by atoms with Crippen molar-refractivity contribution in [2.24, 2.45) is 0 Å². The summed E-state index contributed by atoms with van der Waals surface area (Å²) in [7, 11) is -3.20. The van der Waals surface area contributed by atoms with E-state index in [2.05, 4.69) is 4.98 Å². The number of thioether (sulfide) groups is 1. The van der Waals surface area contributed by atoms with Crippen LogP contribution in [0.3, 0.4) is 0 Å². The fraction of sp³-hybridized carbons (Fsp3) is 0.217. The van der Waals surface area contributed by atoms with Crippen molar-refractivity contribution in [2.75, 3.05) is 11.5 Å². The summed E-state index contributed by atoms with van der Waals surface area (Å²) in [6.07, 6.45) is 3.36. The molecule has 0 N–H and O–H groups in total. The molecule has 2 fully saturated rings. The summed E-state index contributed by atoms with van der Waals surface area (Å²) >= 11 is 6.42. The normalized spacial score (nSPS) is 21.0. The SMILES string of the molecule is Cc1ccc(Oc2nc3ccccn3c(=O)c2/C=C2/SC(=S)N(C3CCS(=O)(=O)C3)C2=O)cc1. The molecule has 5 rings (SSSR count). The molecule has 0 spiro atoms. The van der Waals surface area contributed by atoms with Gasteiger partial charge in [0.05, 0.1) is 22.5 Å². The molecule has 174 valence electrons. The number of aryl methyl sites for hydroxylation is 1. The molecule has 0 saturated carbocycles. The Bertz CT molecular complexity index is 1530. The third-order valence-electron chi connectivity index (χ3n) is 5.64. The maximum absolute atomic E-state index is 13.3. The van der Waals surface area contributed by atoms with Crippen LogP contribution in [0.1, 0.15) is 17.5 Å². The minimum Gasteiger partial charge on any atom is -0.438 e. The van der Waals surface area contributed by atoms with E-state index in [9.17, 15) is 18.0 Å². The molecule has 1 atom stereocenters. The molecular weight excluding hydrogens is 494 g/mol. The van der Waals surface area contributed by atoms with E-state index < -0.39 is 27.3 Å². The number of pyridine rings is 1. The van der Waals surface area contributed by atoms with Crippen molar-refractivity contribution in [3.05, 3.63) is 75.0 Å². The number of amides is 1. The van der Waals surface area contributed by atoms with Gasteiger partial charge in [0.1, 0.15) is 21.3 Å². The van der Waals surface area contributed by atoms with Gasteiger partial charge in [-0.15, -0.1) is 0 Å². The number of ether oxygens (including phenoxy) is 1. The molecular formula is C23H19N3O5S3. The molecule has 2 aromatic heterocycles. The average Bonchev–Trinajstić information content (AvgIpc) is 3.29. The molecule has 1 aromatic carbocycles. The first-order chi connectivity index (χ1) is 16.2. The largest absolute Gasteiger partial charge is 0.438 e. The zero-order valence-electron chi connectivity index (χ0n) is 18.0. The van der Waals surface area contributed by atoms with Crippen molar-refractivity contribution in [3.63, 3.8) is 0 Å². The van der Waals surface area contributed by atoms with Crippen LogP contribution in [0.15, 0.2) is 58.4 Å². The molecule has 1 unspecified atom stereocenters. The van der Waals surface area contributed by atoms with Crippen LogP contribution in [-0.4, -0.2) is 50.5 Å². The van der Waals surface area contributed by atoms with Crippen LogP contribution >= 0.6 is 24.0 Å². The minimum atomic E-state index is -3.20. The summed E-state index contributed by atoms with van der Waals surface area (Å²) in [6, 6.07) is 12.0. The molecule has 34 heavy (non-hydrogen) atoms. The van der Waals surface area contributed by atoms with E-state index in [4.69, 9.17) is 17.0 Å². The summed E-state index contributed by atoms with van der Waals surface area (Å²) in [5.41, 5.74) is 1.15. The van der Waals surface area contributed by atoms with Crippen LogP contribution in [0.4, 0.5) is 0 Å². The highest BCUT2D eigenvalue weighted by atomic mass is 32.2. The van der Waals surface area contributed by atoms with E-state index in [1.165, 1.54) is 15.4 Å². The van der Waals surface area contributed by atoms with Crippen molar-refractivity contribution < 1.29 is 17.9 Å². The Morgan fingerprint density at radius 1 is 1.18 bits per heavy atom. The van der Waals surface area contributed by atoms with Crippen LogP contribution in [-0.2, 0) is 14.6 Å². The highest BCUT2D eigenvalue weighted by molar-refractivity contribution is 8.26. The topological polar surface area (TPSA) is 98.1 Å². The van der Waals surface area contributed by atoms with Gasteiger partial charge in [0.2, 0.25) is 5.88 Å². The predicted octanol–water partition coefficient (Wildman–Crippen LogP) is 3.18. The molecule has 11 heteroatoms. The number of rotatable bonds is 4. The van der Waals surface area contributed by atoms with E-state index in [1.54, 1.807) is 36.5 Å². The van der Waals surface area contributed by atoms with Gasteiger partial charge in [-0.25, -0.2) is 8.42 Å². The van der Waals surface area contributed by atoms with Crippen LogP contribution in [0.25, 0.3) is 11.7 Å². The monoisotopic (exact) mass is 513 g/mol. The van der Waals surface area contributed by atoms with Crippen molar-refractivity contribution >= 4 is 55.8 Å². The van der Waals surface area contributed by atoms with Crippen LogP contribution in [0.2, 0.25) is 0 Å². The molecule has 4 heterocycles. The Labute approximate surface area is 205 Å². The zero-order chi connectivity index (χ0) is 24.0. The first kappa shape index (κ1) is 22.8. The number of sulfone groups is 1. The smallest absolute Gasteiger partial charge is 0.269 e. The van der Waals surface area contributed by atoms with Crippen LogP contribution < -0.4 is 10.3 Å². The lowest BCUT2D eigenvalue weighted by Crippen LogP contribution is -2.39. The minimum absolute atomic E-state index is 0.0260. The van der Waals surface area contributed by atoms with E-state index in [0.717, 1.165) is 17.3 Å². The highest BCUT2D eigenvalue weighted by Crippen LogP contribution is 2.37. The second-order valence-corrected chi connectivity index (χ2v) is 12.0. The van der Waals surface area contributed by atoms with E-state index in [0.29, 0.717) is 17.8 Å². The Balaban J connectivity index is 1.58. The second kappa shape index (κ2) is 8.64. The van der Waals surface area contributed by atoms with Gasteiger partial charge in [-0.3, -0.25) is 18.9 Å². The third-order valence-corrected chi connectivity index (χ3v) is 8.72. The molecule has 3 aromatic rings. The number of hydrogen-bond donors (Lipinski definition) is 0.